The molecule has 3 heterocycles. The number of hydrogen-bond acceptors (Lipinski definition) is 5. The number of morpholine rings is 1. The Morgan fingerprint density at radius 1 is 1.12 bits per heavy atom. The number of para-hydroxylation sites is 1. The van der Waals surface area contributed by atoms with Crippen molar-refractivity contribution in [2.45, 2.75) is 12.5 Å². The first kappa shape index (κ1) is 15.7. The van der Waals surface area contributed by atoms with Crippen LogP contribution < -0.4 is 0 Å². The summed E-state index contributed by atoms with van der Waals surface area (Å²) in [4.78, 5) is 27.1. The average molecular weight is 339 g/mol. The van der Waals surface area contributed by atoms with E-state index in [1.807, 2.05) is 24.3 Å². The standard InChI is InChI=1S/C19H17NO5/c21-16(18-6-3-8-24-18)10-13-11-23-9-7-20(13)19(22)15-12-25-17-5-2-1-4-14(15)17/h1-6,8,12-13H,7,9-11H2/t13-/m1/s1. The van der Waals surface area contributed by atoms with Crippen molar-refractivity contribution in [2.24, 2.45) is 0 Å². The third-order valence-corrected chi connectivity index (χ3v) is 4.42. The Balaban J connectivity index is 1.58. The van der Waals surface area contributed by atoms with E-state index in [9.17, 15) is 9.59 Å². The van der Waals surface area contributed by atoms with Crippen molar-refractivity contribution >= 4 is 22.7 Å². The van der Waals surface area contributed by atoms with Gasteiger partial charge in [0.05, 0.1) is 31.1 Å². The molecule has 0 aliphatic carbocycles. The largest absolute Gasteiger partial charge is 0.463 e. The van der Waals surface area contributed by atoms with Crippen molar-refractivity contribution < 1.29 is 23.2 Å². The summed E-state index contributed by atoms with van der Waals surface area (Å²) in [5, 5.41) is 0.773. The van der Waals surface area contributed by atoms with E-state index in [0.29, 0.717) is 36.7 Å². The maximum atomic E-state index is 13.0. The van der Waals surface area contributed by atoms with Gasteiger partial charge in [0.2, 0.25) is 0 Å². The second-order valence-electron chi connectivity index (χ2n) is 5.98. The first-order valence-corrected chi connectivity index (χ1v) is 8.15. The maximum Gasteiger partial charge on any atom is 0.258 e. The minimum absolute atomic E-state index is 0.143. The fraction of sp³-hybridized carbons (Fsp3) is 0.263. The number of Topliss-reactive ketones (excluding diaryl/α,β-unsaturated/α-hetero) is 1. The summed E-state index contributed by atoms with van der Waals surface area (Å²) >= 11 is 0. The minimum Gasteiger partial charge on any atom is -0.463 e. The van der Waals surface area contributed by atoms with E-state index in [1.165, 1.54) is 12.5 Å². The van der Waals surface area contributed by atoms with Gasteiger partial charge in [0.1, 0.15) is 11.8 Å². The van der Waals surface area contributed by atoms with Crippen LogP contribution in [0.1, 0.15) is 27.3 Å². The molecule has 1 atom stereocenters. The Bertz CT molecular complexity index is 896. The van der Waals surface area contributed by atoms with Crippen LogP contribution in [0.2, 0.25) is 0 Å². The molecule has 128 valence electrons. The van der Waals surface area contributed by atoms with Crippen LogP contribution >= 0.6 is 0 Å². The predicted octanol–water partition coefficient (Wildman–Crippen LogP) is 3.14. The number of furan rings is 2. The van der Waals surface area contributed by atoms with Crippen LogP contribution in [-0.4, -0.2) is 42.4 Å². The van der Waals surface area contributed by atoms with Gasteiger partial charge in [0.25, 0.3) is 5.91 Å². The van der Waals surface area contributed by atoms with Gasteiger partial charge in [-0.3, -0.25) is 9.59 Å². The highest BCUT2D eigenvalue weighted by atomic mass is 16.5. The molecule has 1 aromatic carbocycles. The fourth-order valence-corrected chi connectivity index (χ4v) is 3.14. The lowest BCUT2D eigenvalue weighted by Crippen LogP contribution is -2.49. The number of benzene rings is 1. The third kappa shape index (κ3) is 2.96. The molecule has 0 spiro atoms. The van der Waals surface area contributed by atoms with Crippen molar-refractivity contribution in [3.63, 3.8) is 0 Å². The number of ether oxygens (including phenoxy) is 1. The summed E-state index contributed by atoms with van der Waals surface area (Å²) in [6.07, 6.45) is 3.11. The van der Waals surface area contributed by atoms with Crippen molar-refractivity contribution in [3.8, 4) is 0 Å². The molecular weight excluding hydrogens is 322 g/mol. The molecule has 0 bridgehead atoms. The minimum atomic E-state index is -0.326. The summed E-state index contributed by atoms with van der Waals surface area (Å²) < 4.78 is 16.1. The normalized spacial score (nSPS) is 17.8. The topological polar surface area (TPSA) is 72.9 Å². The first-order chi connectivity index (χ1) is 12.2. The van der Waals surface area contributed by atoms with Crippen LogP contribution in [0.3, 0.4) is 0 Å². The second-order valence-corrected chi connectivity index (χ2v) is 5.98. The first-order valence-electron chi connectivity index (χ1n) is 8.15. The number of fused-ring (bicyclic) bond motifs is 1. The summed E-state index contributed by atoms with van der Waals surface area (Å²) in [5.74, 6) is 0.00702. The molecule has 0 saturated carbocycles. The molecule has 6 heteroatoms. The van der Waals surface area contributed by atoms with Gasteiger partial charge in [-0.1, -0.05) is 18.2 Å². The van der Waals surface area contributed by atoms with Crippen LogP contribution in [0.5, 0.6) is 0 Å². The zero-order valence-electron chi connectivity index (χ0n) is 13.5. The van der Waals surface area contributed by atoms with E-state index in [4.69, 9.17) is 13.6 Å². The lowest BCUT2D eigenvalue weighted by atomic mass is 10.0. The molecule has 0 unspecified atom stereocenters. The fourth-order valence-electron chi connectivity index (χ4n) is 3.14. The second kappa shape index (κ2) is 6.57. The van der Waals surface area contributed by atoms with Gasteiger partial charge in [-0.05, 0) is 18.2 Å². The molecule has 1 saturated heterocycles. The highest BCUT2D eigenvalue weighted by Crippen LogP contribution is 2.24. The molecule has 1 aliphatic rings. The van der Waals surface area contributed by atoms with Crippen LogP contribution in [0.25, 0.3) is 11.0 Å². The van der Waals surface area contributed by atoms with Crippen molar-refractivity contribution in [2.75, 3.05) is 19.8 Å². The highest BCUT2D eigenvalue weighted by molar-refractivity contribution is 6.06. The van der Waals surface area contributed by atoms with Crippen LogP contribution in [0, 0.1) is 0 Å². The Morgan fingerprint density at radius 3 is 2.84 bits per heavy atom. The summed E-state index contributed by atoms with van der Waals surface area (Å²) in [5.41, 5.74) is 1.18. The van der Waals surface area contributed by atoms with E-state index in [1.54, 1.807) is 17.0 Å². The van der Waals surface area contributed by atoms with Gasteiger partial charge in [-0.15, -0.1) is 0 Å². The van der Waals surface area contributed by atoms with Gasteiger partial charge in [0, 0.05) is 18.4 Å². The van der Waals surface area contributed by atoms with Gasteiger partial charge in [0.15, 0.2) is 11.5 Å². The lowest BCUT2D eigenvalue weighted by Gasteiger charge is -2.35. The number of hydrogen-bond donors (Lipinski definition) is 0. The lowest BCUT2D eigenvalue weighted by molar-refractivity contribution is -0.00297. The Kier molecular flexibility index (Phi) is 4.11. The van der Waals surface area contributed by atoms with Crippen molar-refractivity contribution in [1.29, 1.82) is 0 Å². The molecule has 25 heavy (non-hydrogen) atoms. The molecule has 2 aromatic heterocycles. The number of carbonyl (C=O) groups is 2. The average Bonchev–Trinajstić information content (AvgIpc) is 3.31. The Hall–Kier alpha value is -2.86. The summed E-state index contributed by atoms with van der Waals surface area (Å²) in [6, 6.07) is 10.4. The van der Waals surface area contributed by atoms with Crippen LogP contribution in [0.4, 0.5) is 0 Å². The van der Waals surface area contributed by atoms with Crippen molar-refractivity contribution in [3.05, 3.63) is 60.2 Å². The molecule has 4 rings (SSSR count). The summed E-state index contributed by atoms with van der Waals surface area (Å²) in [6.45, 7) is 1.22. The smallest absolute Gasteiger partial charge is 0.258 e. The zero-order chi connectivity index (χ0) is 17.2. The van der Waals surface area contributed by atoms with E-state index in [-0.39, 0.29) is 24.2 Å². The highest BCUT2D eigenvalue weighted by Gasteiger charge is 2.32. The van der Waals surface area contributed by atoms with E-state index < -0.39 is 0 Å². The monoisotopic (exact) mass is 339 g/mol. The van der Waals surface area contributed by atoms with E-state index in [0.717, 1.165) is 5.39 Å². The van der Waals surface area contributed by atoms with E-state index in [2.05, 4.69) is 0 Å². The van der Waals surface area contributed by atoms with Gasteiger partial charge < -0.3 is 18.5 Å². The summed E-state index contributed by atoms with van der Waals surface area (Å²) in [7, 11) is 0. The van der Waals surface area contributed by atoms with Gasteiger partial charge >= 0.3 is 0 Å². The number of amides is 1. The SMILES string of the molecule is O=C(C[C@@H]1COCCN1C(=O)c1coc2ccccc12)c1ccco1. The molecule has 1 fully saturated rings. The maximum absolute atomic E-state index is 13.0. The Labute approximate surface area is 144 Å². The van der Waals surface area contributed by atoms with Gasteiger partial charge in [-0.25, -0.2) is 0 Å². The molecular formula is C19H17NO5. The number of nitrogens with zero attached hydrogens (tertiary/aromatic N) is 1. The third-order valence-electron chi connectivity index (χ3n) is 4.42. The van der Waals surface area contributed by atoms with E-state index >= 15 is 0 Å². The zero-order valence-corrected chi connectivity index (χ0v) is 13.5. The number of ketones is 1. The molecule has 6 nitrogen and oxygen atoms in total. The quantitative estimate of drug-likeness (QED) is 0.683. The molecule has 3 aromatic rings. The van der Waals surface area contributed by atoms with Crippen LogP contribution in [0.15, 0.2) is 57.8 Å². The molecule has 0 N–H and O–H groups in total. The van der Waals surface area contributed by atoms with Crippen molar-refractivity contribution in [1.82, 2.24) is 4.90 Å². The molecule has 1 amide bonds. The number of carbonyl (C=O) groups excluding carboxylic acids is 2. The van der Waals surface area contributed by atoms with Crippen LogP contribution in [-0.2, 0) is 4.74 Å². The molecule has 1 aliphatic heterocycles. The van der Waals surface area contributed by atoms with Gasteiger partial charge in [-0.2, -0.15) is 0 Å². The number of rotatable bonds is 4. The Morgan fingerprint density at radius 2 is 2.00 bits per heavy atom. The molecule has 0 radical (unpaired) electrons. The predicted molar refractivity (Wildman–Crippen MR) is 89.5 cm³/mol.